The number of nitrogens with one attached hydrogen (secondary N) is 1. The molecule has 2 heterocycles. The van der Waals surface area contributed by atoms with Gasteiger partial charge >= 0.3 is 11.9 Å². The van der Waals surface area contributed by atoms with Crippen LogP contribution in [0.25, 0.3) is 22.2 Å². The number of nitrogens with zero attached hydrogens (tertiary/aromatic N) is 2. The Balaban J connectivity index is 1.56. The molecule has 2 aromatic heterocycles. The molecule has 0 saturated heterocycles. The SMILES string of the molecule is CCCCCCCCCCCCCCCc1cccc(OC)c1-c1c(C(=O)OC)c(C)nc(CSc2nc3ccccc3[nH]2)c1C(=O)OC. The number of pyridine rings is 1. The highest BCUT2D eigenvalue weighted by Crippen LogP contribution is 2.42. The summed E-state index contributed by atoms with van der Waals surface area (Å²) in [6.07, 6.45) is 17.4. The van der Waals surface area contributed by atoms with Gasteiger partial charge in [-0.05, 0) is 43.5 Å². The second-order valence-corrected chi connectivity index (χ2v) is 13.6. The van der Waals surface area contributed by atoms with Gasteiger partial charge in [-0.25, -0.2) is 14.6 Å². The quantitative estimate of drug-likeness (QED) is 0.0524. The fraction of sp³-hybridized carbons (Fsp3) is 0.500. The molecule has 0 unspecified atom stereocenters. The number of thioether (sulfide) groups is 1. The maximum Gasteiger partial charge on any atom is 0.340 e. The third kappa shape index (κ3) is 10.3. The number of aromatic nitrogens is 3. The molecule has 0 bridgehead atoms. The third-order valence-electron chi connectivity index (χ3n) is 9.08. The number of imidazole rings is 1. The molecule has 0 radical (unpaired) electrons. The maximum atomic E-state index is 13.7. The van der Waals surface area contributed by atoms with Gasteiger partial charge in [0.2, 0.25) is 0 Å². The molecule has 0 atom stereocenters. The van der Waals surface area contributed by atoms with E-state index in [0.29, 0.717) is 39.2 Å². The van der Waals surface area contributed by atoms with Crippen LogP contribution in [-0.2, 0) is 21.6 Å². The molecule has 0 saturated carbocycles. The number of benzene rings is 2. The molecule has 2 aromatic carbocycles. The standard InChI is InChI=1S/C40H53N3O5S/c1-6-7-8-9-10-11-12-13-14-15-16-17-18-22-29-23-21-26-33(46-3)35(29)37-34(38(44)47-4)28(2)41-32(36(37)39(45)48-5)27-49-40-42-30-24-19-20-25-31(30)43-40/h19-21,23-26H,6-18,22,27H2,1-5H3,(H,42,43). The van der Waals surface area contributed by atoms with E-state index in [9.17, 15) is 9.59 Å². The molecule has 0 amide bonds. The van der Waals surface area contributed by atoms with E-state index in [-0.39, 0.29) is 11.1 Å². The number of rotatable bonds is 21. The predicted molar refractivity (Wildman–Crippen MR) is 199 cm³/mol. The Morgan fingerprint density at radius 1 is 0.714 bits per heavy atom. The number of ether oxygens (including phenoxy) is 3. The van der Waals surface area contributed by atoms with Gasteiger partial charge in [0, 0.05) is 16.9 Å². The highest BCUT2D eigenvalue weighted by atomic mass is 32.2. The number of aryl methyl sites for hydroxylation is 2. The summed E-state index contributed by atoms with van der Waals surface area (Å²) in [5, 5.41) is 0.704. The molecule has 0 aliphatic carbocycles. The first kappa shape index (κ1) is 38.0. The first-order valence-corrected chi connectivity index (χ1v) is 18.9. The van der Waals surface area contributed by atoms with Gasteiger partial charge in [-0.3, -0.25) is 4.98 Å². The zero-order chi connectivity index (χ0) is 35.0. The Bertz CT molecular complexity index is 1630. The van der Waals surface area contributed by atoms with Crippen LogP contribution in [0.4, 0.5) is 0 Å². The van der Waals surface area contributed by atoms with Crippen molar-refractivity contribution in [2.45, 2.75) is 115 Å². The van der Waals surface area contributed by atoms with E-state index in [1.807, 2.05) is 36.4 Å². The summed E-state index contributed by atoms with van der Waals surface area (Å²) in [5.74, 6) is -0.253. The molecule has 9 heteroatoms. The van der Waals surface area contributed by atoms with E-state index in [1.165, 1.54) is 96.6 Å². The summed E-state index contributed by atoms with van der Waals surface area (Å²) >= 11 is 1.43. The van der Waals surface area contributed by atoms with Crippen molar-refractivity contribution < 1.29 is 23.8 Å². The number of unbranched alkanes of at least 4 members (excludes halogenated alkanes) is 12. The van der Waals surface area contributed by atoms with Crippen molar-refractivity contribution in [2.24, 2.45) is 0 Å². The number of para-hydroxylation sites is 2. The molecule has 0 fully saturated rings. The number of carbonyl (C=O) groups is 2. The van der Waals surface area contributed by atoms with E-state index < -0.39 is 11.9 Å². The fourth-order valence-electron chi connectivity index (χ4n) is 6.50. The minimum Gasteiger partial charge on any atom is -0.496 e. The van der Waals surface area contributed by atoms with Gasteiger partial charge in [-0.15, -0.1) is 0 Å². The monoisotopic (exact) mass is 687 g/mol. The molecule has 0 aliphatic rings. The van der Waals surface area contributed by atoms with Gasteiger partial charge in [0.05, 0.1) is 54.9 Å². The third-order valence-corrected chi connectivity index (χ3v) is 9.96. The van der Waals surface area contributed by atoms with Gasteiger partial charge in [0.1, 0.15) is 5.75 Å². The second-order valence-electron chi connectivity index (χ2n) is 12.6. The van der Waals surface area contributed by atoms with E-state index >= 15 is 0 Å². The Morgan fingerprint density at radius 3 is 1.94 bits per heavy atom. The van der Waals surface area contributed by atoms with Crippen LogP contribution < -0.4 is 4.74 Å². The van der Waals surface area contributed by atoms with E-state index in [0.717, 1.165) is 35.9 Å². The smallest absolute Gasteiger partial charge is 0.340 e. The van der Waals surface area contributed by atoms with Crippen LogP contribution in [0.1, 0.15) is 128 Å². The molecule has 1 N–H and O–H groups in total. The number of hydrogen-bond donors (Lipinski definition) is 1. The average Bonchev–Trinajstić information content (AvgIpc) is 3.54. The summed E-state index contributed by atoms with van der Waals surface area (Å²) < 4.78 is 16.5. The van der Waals surface area contributed by atoms with E-state index in [2.05, 4.69) is 23.0 Å². The lowest BCUT2D eigenvalue weighted by Crippen LogP contribution is -2.18. The Kier molecular flexibility index (Phi) is 15.5. The first-order valence-electron chi connectivity index (χ1n) is 17.9. The number of esters is 2. The van der Waals surface area contributed by atoms with Crippen LogP contribution in [0.5, 0.6) is 5.75 Å². The molecule has 264 valence electrons. The van der Waals surface area contributed by atoms with E-state index in [1.54, 1.807) is 14.0 Å². The Hall–Kier alpha value is -3.85. The normalized spacial score (nSPS) is 11.2. The minimum absolute atomic E-state index is 0.230. The Morgan fingerprint density at radius 2 is 1.33 bits per heavy atom. The van der Waals surface area contributed by atoms with E-state index in [4.69, 9.17) is 19.2 Å². The summed E-state index contributed by atoms with van der Waals surface area (Å²) in [4.78, 5) is 39.9. The summed E-state index contributed by atoms with van der Waals surface area (Å²) in [6, 6.07) is 13.7. The predicted octanol–water partition coefficient (Wildman–Crippen LogP) is 10.4. The van der Waals surface area contributed by atoms with Gasteiger partial charge in [-0.2, -0.15) is 0 Å². The van der Waals surface area contributed by atoms with Gasteiger partial charge in [-0.1, -0.05) is 120 Å². The molecular weight excluding hydrogens is 635 g/mol. The van der Waals surface area contributed by atoms with Crippen molar-refractivity contribution in [3.63, 3.8) is 0 Å². The largest absolute Gasteiger partial charge is 0.496 e. The number of methoxy groups -OCH3 is 3. The molecule has 49 heavy (non-hydrogen) atoms. The molecule has 4 aromatic rings. The summed E-state index contributed by atoms with van der Waals surface area (Å²) in [5.41, 5.74) is 5.34. The van der Waals surface area contributed by atoms with Crippen molar-refractivity contribution in [3.05, 3.63) is 70.5 Å². The topological polar surface area (TPSA) is 103 Å². The second kappa shape index (κ2) is 20.0. The lowest BCUT2D eigenvalue weighted by Gasteiger charge is -2.22. The zero-order valence-corrected chi connectivity index (χ0v) is 30.8. The number of carbonyl (C=O) groups excluding carboxylic acids is 2. The first-order chi connectivity index (χ1) is 23.9. The van der Waals surface area contributed by atoms with Crippen LogP contribution in [0.3, 0.4) is 0 Å². The maximum absolute atomic E-state index is 13.7. The number of fused-ring (bicyclic) bond motifs is 1. The van der Waals surface area contributed by atoms with Crippen LogP contribution in [0.15, 0.2) is 47.6 Å². The van der Waals surface area contributed by atoms with Crippen LogP contribution in [0, 0.1) is 6.92 Å². The van der Waals surface area contributed by atoms with Crippen molar-refractivity contribution in [1.82, 2.24) is 15.0 Å². The van der Waals surface area contributed by atoms with Crippen LogP contribution in [0.2, 0.25) is 0 Å². The average molecular weight is 688 g/mol. The number of hydrogen-bond acceptors (Lipinski definition) is 8. The molecule has 8 nitrogen and oxygen atoms in total. The Labute approximate surface area is 296 Å². The highest BCUT2D eigenvalue weighted by Gasteiger charge is 2.31. The van der Waals surface area contributed by atoms with Gasteiger partial charge in [0.25, 0.3) is 0 Å². The van der Waals surface area contributed by atoms with Crippen molar-refractivity contribution in [2.75, 3.05) is 21.3 Å². The minimum atomic E-state index is -0.578. The lowest BCUT2D eigenvalue weighted by molar-refractivity contribution is 0.0599. The zero-order valence-electron chi connectivity index (χ0n) is 30.0. The summed E-state index contributed by atoms with van der Waals surface area (Å²) in [7, 11) is 4.29. The number of H-pyrrole nitrogens is 1. The lowest BCUT2D eigenvalue weighted by atomic mass is 9.87. The molecule has 4 rings (SSSR count). The summed E-state index contributed by atoms with van der Waals surface area (Å²) in [6.45, 7) is 4.04. The van der Waals surface area contributed by atoms with Crippen LogP contribution in [-0.4, -0.2) is 48.2 Å². The highest BCUT2D eigenvalue weighted by molar-refractivity contribution is 7.98. The molecule has 0 spiro atoms. The van der Waals surface area contributed by atoms with Crippen molar-refractivity contribution >= 4 is 34.7 Å². The van der Waals surface area contributed by atoms with Gasteiger partial charge < -0.3 is 19.2 Å². The molecule has 0 aliphatic heterocycles. The van der Waals surface area contributed by atoms with Gasteiger partial charge in [0.15, 0.2) is 5.16 Å². The number of aromatic amines is 1. The van der Waals surface area contributed by atoms with Crippen LogP contribution >= 0.6 is 11.8 Å². The van der Waals surface area contributed by atoms with Crippen molar-refractivity contribution in [3.8, 4) is 16.9 Å². The van der Waals surface area contributed by atoms with Crippen molar-refractivity contribution in [1.29, 1.82) is 0 Å². The fourth-order valence-corrected chi connectivity index (χ4v) is 7.33. The molecular formula is C40H53N3O5S.